The summed E-state index contributed by atoms with van der Waals surface area (Å²) in [4.78, 5) is 31.8. The molecule has 0 spiro atoms. The lowest BCUT2D eigenvalue weighted by Crippen LogP contribution is -2.41. The number of carbonyl (C=O) groups excluding carboxylic acids is 1. The second kappa shape index (κ2) is 7.90. The molecule has 0 saturated carbocycles. The van der Waals surface area contributed by atoms with Crippen molar-refractivity contribution in [3.8, 4) is 0 Å². The summed E-state index contributed by atoms with van der Waals surface area (Å²) in [5, 5.41) is 11.2. The van der Waals surface area contributed by atoms with Gasteiger partial charge in [-0.15, -0.1) is 0 Å². The van der Waals surface area contributed by atoms with Gasteiger partial charge in [-0.3, -0.25) is 14.9 Å². The topological polar surface area (TPSA) is 92.7 Å². The molecule has 0 atom stereocenters. The van der Waals surface area contributed by atoms with Gasteiger partial charge in [-0.05, 0) is 25.0 Å². The predicted molar refractivity (Wildman–Crippen MR) is 109 cm³/mol. The van der Waals surface area contributed by atoms with Gasteiger partial charge in [0.05, 0.1) is 11.5 Å². The number of carbonyl (C=O) groups is 1. The van der Waals surface area contributed by atoms with Crippen LogP contribution in [0.5, 0.6) is 0 Å². The number of anilines is 1. The minimum atomic E-state index is -0.410. The number of benzene rings is 2. The largest absolute Gasteiger partial charge is 0.423 e. The lowest BCUT2D eigenvalue weighted by Gasteiger charge is -2.32. The van der Waals surface area contributed by atoms with Crippen LogP contribution < -0.4 is 4.90 Å². The standard InChI is InChI=1S/C21H22N4O4/c1-23(14-16-6-2-4-8-18(16)25(27)28)20(26)15-10-12-24(13-11-15)21-22-17-7-3-5-9-19(17)29-21/h2-9,15H,10-14H2,1H3. The molecule has 0 bridgehead atoms. The monoisotopic (exact) mass is 394 g/mol. The Balaban J connectivity index is 1.38. The van der Waals surface area contributed by atoms with Crippen LogP contribution >= 0.6 is 0 Å². The molecule has 0 unspecified atom stereocenters. The number of aromatic nitrogens is 1. The number of para-hydroxylation sites is 3. The molecule has 150 valence electrons. The summed E-state index contributed by atoms with van der Waals surface area (Å²) in [7, 11) is 1.70. The van der Waals surface area contributed by atoms with Gasteiger partial charge in [0.1, 0.15) is 5.52 Å². The van der Waals surface area contributed by atoms with Crippen LogP contribution in [0.4, 0.5) is 11.7 Å². The maximum Gasteiger partial charge on any atom is 0.298 e. The first kappa shape index (κ1) is 18.9. The number of oxazole rings is 1. The number of hydrogen-bond donors (Lipinski definition) is 0. The number of fused-ring (bicyclic) bond motifs is 1. The van der Waals surface area contributed by atoms with Gasteiger partial charge in [0.2, 0.25) is 5.91 Å². The van der Waals surface area contributed by atoms with Crippen molar-refractivity contribution < 1.29 is 14.1 Å². The molecule has 1 amide bonds. The molecule has 4 rings (SSSR count). The van der Waals surface area contributed by atoms with E-state index in [1.807, 2.05) is 24.3 Å². The van der Waals surface area contributed by atoms with Crippen molar-refractivity contribution in [1.29, 1.82) is 0 Å². The van der Waals surface area contributed by atoms with Crippen LogP contribution in [0.2, 0.25) is 0 Å². The van der Waals surface area contributed by atoms with Crippen molar-refractivity contribution in [3.05, 3.63) is 64.2 Å². The lowest BCUT2D eigenvalue weighted by molar-refractivity contribution is -0.385. The average Bonchev–Trinajstić information content (AvgIpc) is 3.18. The molecular formula is C21H22N4O4. The minimum Gasteiger partial charge on any atom is -0.423 e. The van der Waals surface area contributed by atoms with Crippen LogP contribution in [0.15, 0.2) is 52.9 Å². The maximum absolute atomic E-state index is 12.9. The van der Waals surface area contributed by atoms with Gasteiger partial charge in [0, 0.05) is 37.7 Å². The van der Waals surface area contributed by atoms with Crippen LogP contribution in [0.1, 0.15) is 18.4 Å². The van der Waals surface area contributed by atoms with Gasteiger partial charge in [-0.1, -0.05) is 30.3 Å². The second-order valence-corrected chi connectivity index (χ2v) is 7.31. The third kappa shape index (κ3) is 3.91. The van der Waals surface area contributed by atoms with Crippen LogP contribution in [0.3, 0.4) is 0 Å². The molecule has 1 aliphatic rings. The molecule has 2 aromatic carbocycles. The molecule has 3 aromatic rings. The fourth-order valence-corrected chi connectivity index (χ4v) is 3.78. The van der Waals surface area contributed by atoms with E-state index in [0.29, 0.717) is 37.5 Å². The van der Waals surface area contributed by atoms with Crippen molar-refractivity contribution in [2.24, 2.45) is 5.92 Å². The fourth-order valence-electron chi connectivity index (χ4n) is 3.78. The zero-order valence-corrected chi connectivity index (χ0v) is 16.2. The van der Waals surface area contributed by atoms with Gasteiger partial charge in [0.25, 0.3) is 11.7 Å². The summed E-state index contributed by atoms with van der Waals surface area (Å²) in [5.41, 5.74) is 2.16. The number of nitro groups is 1. The normalized spacial score (nSPS) is 14.9. The van der Waals surface area contributed by atoms with E-state index in [1.54, 1.807) is 30.1 Å². The third-order valence-corrected chi connectivity index (χ3v) is 5.37. The van der Waals surface area contributed by atoms with Gasteiger partial charge in [0.15, 0.2) is 5.58 Å². The SMILES string of the molecule is CN(Cc1ccccc1[N+](=O)[O-])C(=O)C1CCN(c2nc3ccccc3o2)CC1. The molecule has 0 radical (unpaired) electrons. The quantitative estimate of drug-likeness (QED) is 0.485. The van der Waals surface area contributed by atoms with E-state index in [2.05, 4.69) is 9.88 Å². The summed E-state index contributed by atoms with van der Waals surface area (Å²) in [5.74, 6) is -0.0937. The van der Waals surface area contributed by atoms with E-state index in [-0.39, 0.29) is 24.1 Å². The first-order valence-corrected chi connectivity index (χ1v) is 9.60. The van der Waals surface area contributed by atoms with E-state index in [1.165, 1.54) is 6.07 Å². The second-order valence-electron chi connectivity index (χ2n) is 7.31. The first-order valence-electron chi connectivity index (χ1n) is 9.60. The van der Waals surface area contributed by atoms with E-state index >= 15 is 0 Å². The molecule has 8 nitrogen and oxygen atoms in total. The highest BCUT2D eigenvalue weighted by atomic mass is 16.6. The van der Waals surface area contributed by atoms with E-state index in [0.717, 1.165) is 11.1 Å². The molecule has 2 heterocycles. The molecule has 0 N–H and O–H groups in total. The molecule has 1 aliphatic heterocycles. The van der Waals surface area contributed by atoms with Gasteiger partial charge >= 0.3 is 0 Å². The number of nitrogens with zero attached hydrogens (tertiary/aromatic N) is 4. The van der Waals surface area contributed by atoms with Crippen molar-refractivity contribution in [2.75, 3.05) is 25.0 Å². The average molecular weight is 394 g/mol. The Bertz CT molecular complexity index is 1010. The number of amides is 1. The summed E-state index contributed by atoms with van der Waals surface area (Å²) in [6.45, 7) is 1.59. The number of hydrogen-bond acceptors (Lipinski definition) is 6. The number of nitro benzene ring substituents is 1. The summed E-state index contributed by atoms with van der Waals surface area (Å²) in [6.07, 6.45) is 1.39. The Morgan fingerprint density at radius 2 is 1.90 bits per heavy atom. The van der Waals surface area contributed by atoms with Gasteiger partial charge in [-0.25, -0.2) is 0 Å². The smallest absolute Gasteiger partial charge is 0.298 e. The Morgan fingerprint density at radius 1 is 1.21 bits per heavy atom. The first-order chi connectivity index (χ1) is 14.0. The predicted octanol–water partition coefficient (Wildman–Crippen LogP) is 3.61. The van der Waals surface area contributed by atoms with E-state index in [4.69, 9.17) is 4.42 Å². The summed E-state index contributed by atoms with van der Waals surface area (Å²) < 4.78 is 5.82. The molecule has 1 saturated heterocycles. The van der Waals surface area contributed by atoms with Gasteiger partial charge in [-0.2, -0.15) is 4.98 Å². The van der Waals surface area contributed by atoms with Crippen LogP contribution in [-0.2, 0) is 11.3 Å². The van der Waals surface area contributed by atoms with Crippen molar-refractivity contribution in [3.63, 3.8) is 0 Å². The Morgan fingerprint density at radius 3 is 2.62 bits per heavy atom. The Labute approximate surface area is 167 Å². The maximum atomic E-state index is 12.9. The molecule has 29 heavy (non-hydrogen) atoms. The molecule has 1 fully saturated rings. The zero-order chi connectivity index (χ0) is 20.4. The van der Waals surface area contributed by atoms with Crippen LogP contribution in [0, 0.1) is 16.0 Å². The summed E-state index contributed by atoms with van der Waals surface area (Å²) >= 11 is 0. The third-order valence-electron chi connectivity index (χ3n) is 5.37. The Hall–Kier alpha value is -3.42. The van der Waals surface area contributed by atoms with E-state index in [9.17, 15) is 14.9 Å². The Kier molecular flexibility index (Phi) is 5.16. The lowest BCUT2D eigenvalue weighted by atomic mass is 9.95. The van der Waals surface area contributed by atoms with Gasteiger partial charge < -0.3 is 14.2 Å². The fraction of sp³-hybridized carbons (Fsp3) is 0.333. The highest BCUT2D eigenvalue weighted by Crippen LogP contribution is 2.28. The summed E-state index contributed by atoms with van der Waals surface area (Å²) in [6, 6.07) is 14.8. The van der Waals surface area contributed by atoms with Crippen LogP contribution in [-0.4, -0.2) is 40.9 Å². The molecule has 1 aromatic heterocycles. The highest BCUT2D eigenvalue weighted by Gasteiger charge is 2.29. The minimum absolute atomic E-state index is 0.0142. The van der Waals surface area contributed by atoms with E-state index < -0.39 is 4.92 Å². The zero-order valence-electron chi connectivity index (χ0n) is 16.2. The number of rotatable bonds is 5. The molecule has 0 aliphatic carbocycles. The van der Waals surface area contributed by atoms with Crippen LogP contribution in [0.25, 0.3) is 11.1 Å². The number of piperidine rings is 1. The van der Waals surface area contributed by atoms with Crippen molar-refractivity contribution in [1.82, 2.24) is 9.88 Å². The van der Waals surface area contributed by atoms with Crippen molar-refractivity contribution >= 4 is 28.7 Å². The molecule has 8 heteroatoms. The highest BCUT2D eigenvalue weighted by molar-refractivity contribution is 5.79. The van der Waals surface area contributed by atoms with Crippen molar-refractivity contribution in [2.45, 2.75) is 19.4 Å². The molecular weight excluding hydrogens is 372 g/mol.